The van der Waals surface area contributed by atoms with Gasteiger partial charge in [0, 0.05) is 18.2 Å². The Morgan fingerprint density at radius 2 is 1.46 bits per heavy atom. The molecule has 3 atom stereocenters. The van der Waals surface area contributed by atoms with E-state index in [4.69, 9.17) is 33.5 Å². The molecule has 0 unspecified atom stereocenters. The molecule has 1 fully saturated rings. The number of hydrogen-bond donors (Lipinski definition) is 2. The highest BCUT2D eigenvalue weighted by Crippen LogP contribution is 2.43. The van der Waals surface area contributed by atoms with Crippen molar-refractivity contribution < 1.29 is 43.1 Å². The predicted molar refractivity (Wildman–Crippen MR) is 180 cm³/mol. The number of H-pyrrole nitrogens is 1. The fraction of sp³-hybridized carbons (Fsp3) is 0.351. The van der Waals surface area contributed by atoms with Gasteiger partial charge in [0.2, 0.25) is 0 Å². The minimum atomic E-state index is -1.21. The number of esters is 2. The molecular formula is C37H40N2O11. The second-order valence-electron chi connectivity index (χ2n) is 11.6. The van der Waals surface area contributed by atoms with Gasteiger partial charge in [0.15, 0.2) is 0 Å². The van der Waals surface area contributed by atoms with Crippen LogP contribution in [0, 0.1) is 6.92 Å². The lowest BCUT2D eigenvalue weighted by molar-refractivity contribution is -0.159. The molecule has 2 heterocycles. The number of nitrogens with zero attached hydrogens (tertiary/aromatic N) is 1. The molecule has 1 aromatic heterocycles. The minimum absolute atomic E-state index is 0.0591. The molecule has 3 aromatic carbocycles. The van der Waals surface area contributed by atoms with Crippen LogP contribution in [-0.4, -0.2) is 72.8 Å². The Bertz CT molecular complexity index is 1810. The Kier molecular flexibility index (Phi) is 11.9. The van der Waals surface area contributed by atoms with Gasteiger partial charge in [-0.3, -0.25) is 23.9 Å². The largest absolute Gasteiger partial charge is 0.497 e. The van der Waals surface area contributed by atoms with Crippen LogP contribution >= 0.6 is 0 Å². The van der Waals surface area contributed by atoms with Crippen molar-refractivity contribution >= 4 is 11.9 Å². The first-order valence-corrected chi connectivity index (χ1v) is 16.1. The van der Waals surface area contributed by atoms with Crippen LogP contribution in [0.1, 0.15) is 47.7 Å². The van der Waals surface area contributed by atoms with E-state index in [2.05, 4.69) is 4.98 Å². The maximum atomic E-state index is 13.0. The summed E-state index contributed by atoms with van der Waals surface area (Å²) in [6.45, 7) is 0.941. The summed E-state index contributed by atoms with van der Waals surface area (Å²) in [5.74, 6) is -0.0318. The maximum Gasteiger partial charge on any atom is 0.330 e. The van der Waals surface area contributed by atoms with Gasteiger partial charge in [-0.25, -0.2) is 4.79 Å². The summed E-state index contributed by atoms with van der Waals surface area (Å²) in [6.07, 6.45) is -1.77. The number of aryl methyl sites for hydroxylation is 1. The number of aromatic amines is 1. The van der Waals surface area contributed by atoms with Gasteiger partial charge in [-0.05, 0) is 47.9 Å². The van der Waals surface area contributed by atoms with E-state index < -0.39 is 47.2 Å². The van der Waals surface area contributed by atoms with Gasteiger partial charge in [-0.15, -0.1) is 0 Å². The zero-order valence-electron chi connectivity index (χ0n) is 28.0. The minimum Gasteiger partial charge on any atom is -0.497 e. The second kappa shape index (κ2) is 16.4. The van der Waals surface area contributed by atoms with Gasteiger partial charge >= 0.3 is 17.6 Å². The fourth-order valence-electron chi connectivity index (χ4n) is 5.89. The van der Waals surface area contributed by atoms with Gasteiger partial charge < -0.3 is 33.5 Å². The number of nitrogens with one attached hydrogen (secondary N) is 1. The number of ether oxygens (including phenoxy) is 6. The van der Waals surface area contributed by atoms with Crippen LogP contribution < -0.4 is 20.7 Å². The summed E-state index contributed by atoms with van der Waals surface area (Å²) in [5.41, 5.74) is 0.221. The van der Waals surface area contributed by atoms with Gasteiger partial charge in [-0.2, -0.15) is 0 Å². The van der Waals surface area contributed by atoms with E-state index in [1.165, 1.54) is 10.8 Å². The van der Waals surface area contributed by atoms with Crippen LogP contribution in [-0.2, 0) is 34.1 Å². The number of carbonyl (C=O) groups is 2. The average Bonchev–Trinajstić information content (AvgIpc) is 3.54. The lowest BCUT2D eigenvalue weighted by Crippen LogP contribution is -2.39. The summed E-state index contributed by atoms with van der Waals surface area (Å²) < 4.78 is 36.2. The smallest absolute Gasteiger partial charge is 0.330 e. The number of benzene rings is 3. The van der Waals surface area contributed by atoms with E-state index in [0.717, 1.165) is 16.7 Å². The van der Waals surface area contributed by atoms with Crippen molar-refractivity contribution in [2.24, 2.45) is 0 Å². The summed E-state index contributed by atoms with van der Waals surface area (Å²) in [7, 11) is 3.17. The molecule has 1 aliphatic rings. The fourth-order valence-corrected chi connectivity index (χ4v) is 5.89. The average molecular weight is 689 g/mol. The lowest BCUT2D eigenvalue weighted by Gasteiger charge is -2.37. The quantitative estimate of drug-likeness (QED) is 0.139. The molecule has 264 valence electrons. The van der Waals surface area contributed by atoms with Crippen LogP contribution in [0.15, 0.2) is 94.6 Å². The normalized spacial score (nSPS) is 17.2. The van der Waals surface area contributed by atoms with Gasteiger partial charge in [0.1, 0.15) is 42.1 Å². The van der Waals surface area contributed by atoms with Crippen molar-refractivity contribution in [2.45, 2.75) is 50.2 Å². The zero-order valence-corrected chi connectivity index (χ0v) is 28.0. The summed E-state index contributed by atoms with van der Waals surface area (Å²) >= 11 is 0. The van der Waals surface area contributed by atoms with Crippen LogP contribution in [0.2, 0.25) is 0 Å². The topological polar surface area (TPSA) is 165 Å². The molecule has 1 saturated heterocycles. The van der Waals surface area contributed by atoms with E-state index in [0.29, 0.717) is 17.1 Å². The van der Waals surface area contributed by atoms with Crippen molar-refractivity contribution in [3.8, 4) is 11.5 Å². The number of methoxy groups -OCH3 is 2. The summed E-state index contributed by atoms with van der Waals surface area (Å²) in [5, 5.41) is 8.91. The number of aliphatic hydroxyl groups excluding tert-OH is 1. The third-order valence-corrected chi connectivity index (χ3v) is 8.44. The van der Waals surface area contributed by atoms with E-state index in [-0.39, 0.29) is 39.1 Å². The number of aromatic nitrogens is 2. The van der Waals surface area contributed by atoms with Crippen LogP contribution in [0.5, 0.6) is 11.5 Å². The molecule has 2 N–H and O–H groups in total. The Morgan fingerprint density at radius 3 is 2.04 bits per heavy atom. The van der Waals surface area contributed by atoms with E-state index in [9.17, 15) is 19.2 Å². The Morgan fingerprint density at radius 1 is 0.880 bits per heavy atom. The van der Waals surface area contributed by atoms with E-state index >= 15 is 0 Å². The highest BCUT2D eigenvalue weighted by Gasteiger charge is 2.44. The van der Waals surface area contributed by atoms with Gasteiger partial charge in [0.25, 0.3) is 5.56 Å². The van der Waals surface area contributed by atoms with Crippen molar-refractivity contribution in [3.63, 3.8) is 0 Å². The Labute approximate surface area is 288 Å². The SMILES string of the molecule is COc1ccc(C(OC[C@H]2O[C@@H](n3cc(C)c(=O)[nH]c3=O)C[C@@H]2OC(=O)CCC(=O)OCCO)(c2ccccc2)c2ccc(OC)cc2)cc1. The van der Waals surface area contributed by atoms with E-state index in [1.807, 2.05) is 78.9 Å². The van der Waals surface area contributed by atoms with Crippen LogP contribution in [0.4, 0.5) is 0 Å². The van der Waals surface area contributed by atoms with Crippen molar-refractivity contribution in [3.05, 3.63) is 128 Å². The molecule has 13 nitrogen and oxygen atoms in total. The molecule has 13 heteroatoms. The molecule has 0 saturated carbocycles. The summed E-state index contributed by atoms with van der Waals surface area (Å²) in [4.78, 5) is 52.2. The predicted octanol–water partition coefficient (Wildman–Crippen LogP) is 3.39. The van der Waals surface area contributed by atoms with Crippen LogP contribution in [0.3, 0.4) is 0 Å². The number of carbonyl (C=O) groups excluding carboxylic acids is 2. The van der Waals surface area contributed by atoms with Gasteiger partial charge in [-0.1, -0.05) is 54.6 Å². The van der Waals surface area contributed by atoms with Gasteiger partial charge in [0.05, 0.1) is 40.3 Å². The first kappa shape index (κ1) is 36.1. The molecule has 0 bridgehead atoms. The highest BCUT2D eigenvalue weighted by atomic mass is 16.6. The molecule has 5 rings (SSSR count). The molecule has 4 aromatic rings. The Balaban J connectivity index is 1.52. The van der Waals surface area contributed by atoms with E-state index in [1.54, 1.807) is 21.1 Å². The van der Waals surface area contributed by atoms with Crippen molar-refractivity contribution in [2.75, 3.05) is 34.0 Å². The molecule has 1 aliphatic heterocycles. The molecule has 0 spiro atoms. The van der Waals surface area contributed by atoms with Crippen molar-refractivity contribution in [1.82, 2.24) is 9.55 Å². The Hall–Kier alpha value is -5.24. The molecule has 0 amide bonds. The standard InChI is InChI=1S/C37H40N2O11/c1-24-22-39(36(44)38-35(24)43)32-21-30(50-34(42)18-17-33(41)47-20-19-40)31(49-32)23-48-37(25-7-5-4-6-8-25,26-9-13-28(45-2)14-10-26)27-11-15-29(46-3)16-12-27/h4-16,22,30-32,40H,17-21,23H2,1-3H3,(H,38,43,44)/t30-,31+,32+/m0/s1. The lowest BCUT2D eigenvalue weighted by atomic mass is 9.80. The number of aliphatic hydroxyl groups is 1. The molecule has 50 heavy (non-hydrogen) atoms. The third kappa shape index (κ3) is 8.13. The monoisotopic (exact) mass is 688 g/mol. The maximum absolute atomic E-state index is 13.0. The third-order valence-electron chi connectivity index (χ3n) is 8.44. The second-order valence-corrected chi connectivity index (χ2v) is 11.6. The molecule has 0 aliphatic carbocycles. The number of hydrogen-bond acceptors (Lipinski definition) is 11. The number of rotatable bonds is 15. The zero-order chi connectivity index (χ0) is 35.7. The summed E-state index contributed by atoms with van der Waals surface area (Å²) in [6, 6.07) is 24.6. The first-order chi connectivity index (χ1) is 24.2. The molecular weight excluding hydrogens is 648 g/mol. The highest BCUT2D eigenvalue weighted by molar-refractivity contribution is 5.77. The van der Waals surface area contributed by atoms with Crippen LogP contribution in [0.25, 0.3) is 0 Å². The molecule has 0 radical (unpaired) electrons. The van der Waals surface area contributed by atoms with Crippen molar-refractivity contribution in [1.29, 1.82) is 0 Å². The first-order valence-electron chi connectivity index (χ1n) is 16.1.